The van der Waals surface area contributed by atoms with Gasteiger partial charge in [0, 0.05) is 23.6 Å². The molecule has 0 spiro atoms. The lowest BCUT2D eigenvalue weighted by Crippen LogP contribution is -2.11. The van der Waals surface area contributed by atoms with Crippen LogP contribution in [0.4, 0.5) is 0 Å². The molecular formula is C16H16N2O2S. The Morgan fingerprint density at radius 3 is 2.43 bits per heavy atom. The van der Waals surface area contributed by atoms with Crippen LogP contribution in [0.2, 0.25) is 0 Å². The first-order valence-electron chi connectivity index (χ1n) is 6.62. The van der Waals surface area contributed by atoms with Gasteiger partial charge in [-0.2, -0.15) is 0 Å². The van der Waals surface area contributed by atoms with E-state index >= 15 is 0 Å². The maximum Gasteiger partial charge on any atom is 0.240 e. The highest BCUT2D eigenvalue weighted by atomic mass is 32.2. The van der Waals surface area contributed by atoms with E-state index in [1.54, 1.807) is 12.3 Å². The Morgan fingerprint density at radius 2 is 1.71 bits per heavy atom. The third-order valence-electron chi connectivity index (χ3n) is 3.66. The highest BCUT2D eigenvalue weighted by Gasteiger charge is 2.17. The summed E-state index contributed by atoms with van der Waals surface area (Å²) in [6.07, 6.45) is 1.62. The summed E-state index contributed by atoms with van der Waals surface area (Å²) in [5, 5.41) is 5.98. The normalized spacial score (nSPS) is 11.9. The molecule has 0 aliphatic heterocycles. The van der Waals surface area contributed by atoms with E-state index in [9.17, 15) is 8.42 Å². The molecule has 0 aliphatic rings. The number of fused-ring (bicyclic) bond motifs is 1. The predicted molar refractivity (Wildman–Crippen MR) is 83.6 cm³/mol. The van der Waals surface area contributed by atoms with Crippen LogP contribution in [0, 0.1) is 6.92 Å². The van der Waals surface area contributed by atoms with Crippen LogP contribution >= 0.6 is 0 Å². The van der Waals surface area contributed by atoms with Crippen molar-refractivity contribution in [2.45, 2.75) is 18.4 Å². The number of nitrogens with zero attached hydrogens (tertiary/aromatic N) is 1. The molecule has 0 radical (unpaired) electrons. The fourth-order valence-electron chi connectivity index (χ4n) is 2.54. The number of benzene rings is 2. The standard InChI is InChI=1S/C16H16N2O2S/c1-12-6-2-3-7-13(12)10-18-11-16(21(17,19)20)14-8-4-5-9-15(14)18/h2-9,11H,10H2,1H3,(H2,17,19,20). The molecule has 2 aromatic carbocycles. The van der Waals surface area contributed by atoms with Gasteiger partial charge in [-0.25, -0.2) is 13.6 Å². The quantitative estimate of drug-likeness (QED) is 0.808. The maximum atomic E-state index is 11.7. The number of para-hydroxylation sites is 1. The molecule has 4 nitrogen and oxygen atoms in total. The predicted octanol–water partition coefficient (Wildman–Crippen LogP) is 2.65. The second kappa shape index (κ2) is 5.02. The van der Waals surface area contributed by atoms with Gasteiger partial charge in [0.2, 0.25) is 10.0 Å². The van der Waals surface area contributed by atoms with Gasteiger partial charge in [0.1, 0.15) is 4.90 Å². The van der Waals surface area contributed by atoms with Crippen LogP contribution < -0.4 is 5.14 Å². The van der Waals surface area contributed by atoms with Crippen LogP contribution in [0.3, 0.4) is 0 Å². The highest BCUT2D eigenvalue weighted by Crippen LogP contribution is 2.25. The molecule has 5 heteroatoms. The summed E-state index contributed by atoms with van der Waals surface area (Å²) in [6.45, 7) is 2.66. The molecule has 3 rings (SSSR count). The van der Waals surface area contributed by atoms with Gasteiger partial charge in [0.05, 0.1) is 0 Å². The Bertz CT molecular complexity index is 911. The summed E-state index contributed by atoms with van der Waals surface area (Å²) in [4.78, 5) is 0.173. The molecule has 1 heterocycles. The average Bonchev–Trinajstić information content (AvgIpc) is 2.81. The summed E-state index contributed by atoms with van der Waals surface area (Å²) in [7, 11) is -3.73. The lowest BCUT2D eigenvalue weighted by atomic mass is 10.1. The van der Waals surface area contributed by atoms with Crippen LogP contribution in [0.25, 0.3) is 10.9 Å². The number of aryl methyl sites for hydroxylation is 1. The van der Waals surface area contributed by atoms with E-state index in [0.29, 0.717) is 11.9 Å². The molecule has 0 bridgehead atoms. The van der Waals surface area contributed by atoms with Gasteiger partial charge in [-0.05, 0) is 24.1 Å². The molecule has 0 aliphatic carbocycles. The van der Waals surface area contributed by atoms with Gasteiger partial charge in [-0.3, -0.25) is 0 Å². The molecule has 3 aromatic rings. The maximum absolute atomic E-state index is 11.7. The van der Waals surface area contributed by atoms with E-state index in [1.807, 2.05) is 54.0 Å². The third kappa shape index (κ3) is 2.57. The van der Waals surface area contributed by atoms with Gasteiger partial charge in [0.25, 0.3) is 0 Å². The minimum Gasteiger partial charge on any atom is -0.342 e. The average molecular weight is 300 g/mol. The summed E-state index contributed by atoms with van der Waals surface area (Å²) in [5.74, 6) is 0. The number of nitrogens with two attached hydrogens (primary N) is 1. The van der Waals surface area contributed by atoms with Gasteiger partial charge < -0.3 is 4.57 Å². The van der Waals surface area contributed by atoms with Gasteiger partial charge in [0.15, 0.2) is 0 Å². The molecule has 0 fully saturated rings. The Kier molecular flexibility index (Phi) is 3.31. The zero-order chi connectivity index (χ0) is 15.0. The molecule has 0 saturated carbocycles. The SMILES string of the molecule is Cc1ccccc1Cn1cc(S(N)(=O)=O)c2ccccc21. The zero-order valence-corrected chi connectivity index (χ0v) is 12.5. The summed E-state index contributed by atoms with van der Waals surface area (Å²) in [5.41, 5.74) is 3.19. The smallest absolute Gasteiger partial charge is 0.240 e. The number of hydrogen-bond acceptors (Lipinski definition) is 2. The Balaban J connectivity index is 2.18. The third-order valence-corrected chi connectivity index (χ3v) is 4.60. The Labute approximate surface area is 123 Å². The first-order valence-corrected chi connectivity index (χ1v) is 8.16. The minimum absolute atomic E-state index is 0.173. The van der Waals surface area contributed by atoms with Gasteiger partial charge >= 0.3 is 0 Å². The number of aromatic nitrogens is 1. The largest absolute Gasteiger partial charge is 0.342 e. The van der Waals surface area contributed by atoms with Crippen molar-refractivity contribution in [3.63, 3.8) is 0 Å². The summed E-state index contributed by atoms with van der Waals surface area (Å²) < 4.78 is 25.4. The van der Waals surface area contributed by atoms with Crippen molar-refractivity contribution in [1.82, 2.24) is 4.57 Å². The van der Waals surface area contributed by atoms with Crippen molar-refractivity contribution < 1.29 is 8.42 Å². The minimum atomic E-state index is -3.73. The topological polar surface area (TPSA) is 65.1 Å². The van der Waals surface area contributed by atoms with Crippen LogP contribution in [0.15, 0.2) is 59.6 Å². The number of sulfonamides is 1. The molecule has 0 unspecified atom stereocenters. The monoisotopic (exact) mass is 300 g/mol. The fourth-order valence-corrected chi connectivity index (χ4v) is 3.29. The lowest BCUT2D eigenvalue weighted by molar-refractivity contribution is 0.598. The van der Waals surface area contributed by atoms with E-state index < -0.39 is 10.0 Å². The van der Waals surface area contributed by atoms with E-state index in [1.165, 1.54) is 5.56 Å². The first kappa shape index (κ1) is 13.9. The van der Waals surface area contributed by atoms with Crippen LogP contribution in [-0.4, -0.2) is 13.0 Å². The number of primary sulfonamides is 1. The molecule has 2 N–H and O–H groups in total. The van der Waals surface area contributed by atoms with Crippen molar-refractivity contribution in [3.05, 3.63) is 65.9 Å². The Hall–Kier alpha value is -2.11. The van der Waals surface area contributed by atoms with Crippen molar-refractivity contribution in [2.75, 3.05) is 0 Å². The second-order valence-electron chi connectivity index (χ2n) is 5.11. The molecule has 0 atom stereocenters. The lowest BCUT2D eigenvalue weighted by Gasteiger charge is -2.08. The molecule has 21 heavy (non-hydrogen) atoms. The van der Waals surface area contributed by atoms with Gasteiger partial charge in [-0.1, -0.05) is 42.5 Å². The van der Waals surface area contributed by atoms with Crippen molar-refractivity contribution in [1.29, 1.82) is 0 Å². The van der Waals surface area contributed by atoms with Crippen molar-refractivity contribution >= 4 is 20.9 Å². The molecule has 1 aromatic heterocycles. The van der Waals surface area contributed by atoms with Crippen LogP contribution in [-0.2, 0) is 16.6 Å². The van der Waals surface area contributed by atoms with Crippen molar-refractivity contribution in [3.8, 4) is 0 Å². The van der Waals surface area contributed by atoms with Gasteiger partial charge in [-0.15, -0.1) is 0 Å². The number of rotatable bonds is 3. The fraction of sp³-hybridized carbons (Fsp3) is 0.125. The van der Waals surface area contributed by atoms with Crippen LogP contribution in [0.1, 0.15) is 11.1 Å². The molecule has 0 amide bonds. The summed E-state index contributed by atoms with van der Waals surface area (Å²) >= 11 is 0. The first-order chi connectivity index (χ1) is 9.97. The molecule has 108 valence electrons. The van der Waals surface area contributed by atoms with E-state index in [2.05, 4.69) is 0 Å². The van der Waals surface area contributed by atoms with Crippen molar-refractivity contribution in [2.24, 2.45) is 5.14 Å². The highest BCUT2D eigenvalue weighted by molar-refractivity contribution is 7.89. The second-order valence-corrected chi connectivity index (χ2v) is 6.64. The Morgan fingerprint density at radius 1 is 1.05 bits per heavy atom. The molecule has 0 saturated heterocycles. The van der Waals surface area contributed by atoms with Crippen LogP contribution in [0.5, 0.6) is 0 Å². The van der Waals surface area contributed by atoms with E-state index in [-0.39, 0.29) is 4.90 Å². The molecular weight excluding hydrogens is 284 g/mol. The number of hydrogen-bond donors (Lipinski definition) is 1. The van der Waals surface area contributed by atoms with E-state index in [0.717, 1.165) is 11.1 Å². The zero-order valence-electron chi connectivity index (χ0n) is 11.7. The summed E-state index contributed by atoms with van der Waals surface area (Å²) in [6, 6.07) is 15.4. The van der Waals surface area contributed by atoms with E-state index in [4.69, 9.17) is 5.14 Å².